The highest BCUT2D eigenvalue weighted by molar-refractivity contribution is 6.07. The molecule has 3 aromatic rings. The monoisotopic (exact) mass is 550 g/mol. The number of hydrogen-bond donors (Lipinski definition) is 2. The fraction of sp³-hybridized carbons (Fsp3) is 0.538. The van der Waals surface area contributed by atoms with Crippen molar-refractivity contribution >= 4 is 22.8 Å². The topological polar surface area (TPSA) is 105 Å². The van der Waals surface area contributed by atoms with Gasteiger partial charge in [0.2, 0.25) is 5.95 Å². The number of ether oxygens (including phenoxy) is 1. The van der Waals surface area contributed by atoms with E-state index in [4.69, 9.17) is 4.74 Å². The highest BCUT2D eigenvalue weighted by Crippen LogP contribution is 2.35. The third-order valence-electron chi connectivity index (χ3n) is 7.32. The molecule has 5 rings (SSSR count). The maximum absolute atomic E-state index is 14.0. The van der Waals surface area contributed by atoms with Gasteiger partial charge in [0, 0.05) is 61.9 Å². The Kier molecular flexibility index (Phi) is 7.72. The molecule has 2 N–H and O–H groups in total. The highest BCUT2D eigenvalue weighted by atomic mass is 19.4. The van der Waals surface area contributed by atoms with Crippen LogP contribution in [0.15, 0.2) is 30.7 Å². The number of aromatic nitrogens is 4. The van der Waals surface area contributed by atoms with Gasteiger partial charge in [-0.2, -0.15) is 13.2 Å². The van der Waals surface area contributed by atoms with Crippen LogP contribution in [0.25, 0.3) is 10.9 Å². The normalized spacial score (nSPS) is 21.7. The number of piperidine rings is 1. The van der Waals surface area contributed by atoms with Crippen molar-refractivity contribution in [1.82, 2.24) is 24.8 Å². The van der Waals surface area contributed by atoms with Crippen LogP contribution in [-0.4, -0.2) is 81.3 Å². The lowest BCUT2D eigenvalue weighted by molar-refractivity contribution is -0.162. The maximum Gasteiger partial charge on any atom is 0.408 e. The number of carbonyl (C=O) groups excluding carboxylic acids is 1. The lowest BCUT2D eigenvalue weighted by Crippen LogP contribution is -2.45. The van der Waals surface area contributed by atoms with E-state index in [0.29, 0.717) is 55.3 Å². The highest BCUT2D eigenvalue weighted by Gasteiger charge is 2.38. The smallest absolute Gasteiger partial charge is 0.390 e. The largest absolute Gasteiger partial charge is 0.408 e. The van der Waals surface area contributed by atoms with Gasteiger partial charge in [-0.05, 0) is 38.3 Å². The first kappa shape index (κ1) is 27.3. The minimum absolute atomic E-state index is 0.0314. The van der Waals surface area contributed by atoms with E-state index >= 15 is 0 Å². The van der Waals surface area contributed by atoms with Crippen LogP contribution in [-0.2, 0) is 11.2 Å². The Morgan fingerprint density at radius 1 is 1.23 bits per heavy atom. The van der Waals surface area contributed by atoms with Crippen molar-refractivity contribution in [1.29, 1.82) is 0 Å². The summed E-state index contributed by atoms with van der Waals surface area (Å²) in [5.74, 6) is -0.142. The number of rotatable bonds is 6. The summed E-state index contributed by atoms with van der Waals surface area (Å²) in [4.78, 5) is 27.9. The number of alkyl halides is 4. The van der Waals surface area contributed by atoms with Crippen LogP contribution in [0.1, 0.15) is 54.0 Å². The summed E-state index contributed by atoms with van der Waals surface area (Å²) >= 11 is 0. The Bertz CT molecular complexity index is 1330. The molecule has 0 aromatic carbocycles. The number of anilines is 1. The number of fused-ring (bicyclic) bond motifs is 1. The molecule has 5 heterocycles. The number of carbonyl (C=O) groups is 1. The lowest BCUT2D eigenvalue weighted by Gasteiger charge is -2.32. The quantitative estimate of drug-likeness (QED) is 0.454. The van der Waals surface area contributed by atoms with Crippen molar-refractivity contribution in [2.75, 3.05) is 31.2 Å². The Morgan fingerprint density at radius 3 is 2.72 bits per heavy atom. The van der Waals surface area contributed by atoms with Crippen LogP contribution in [0.3, 0.4) is 0 Å². The first-order chi connectivity index (χ1) is 18.6. The van der Waals surface area contributed by atoms with E-state index in [-0.39, 0.29) is 36.5 Å². The zero-order valence-corrected chi connectivity index (χ0v) is 21.4. The number of amides is 1. The minimum atomic E-state index is -4.53. The molecule has 0 unspecified atom stereocenters. The Morgan fingerprint density at radius 2 is 2.00 bits per heavy atom. The number of nitrogens with zero attached hydrogens (tertiary/aromatic N) is 5. The molecule has 210 valence electrons. The Balaban J connectivity index is 1.43. The van der Waals surface area contributed by atoms with Crippen molar-refractivity contribution in [2.45, 2.75) is 63.1 Å². The van der Waals surface area contributed by atoms with Crippen LogP contribution in [0, 0.1) is 0 Å². The molecule has 2 aliphatic rings. The molecule has 13 heteroatoms. The molecule has 0 spiro atoms. The standard InChI is InChI=1S/C26H30F4N6O3/c1-15(26(28,29)30)36-13-20(24(38)33-16-4-8-39-9-5-16)19-12-32-18(11-22(19)36)10-17-2-6-31-25(34-17)35-7-3-23(37)21(27)14-35/h2,6,11-13,15-16,21,23,37H,3-5,7-10,14H2,1H3,(H,33,38)/t15-,21-,23+/m0/s1. The summed E-state index contributed by atoms with van der Waals surface area (Å²) in [6.45, 7) is 2.44. The molecule has 0 aliphatic carbocycles. The van der Waals surface area contributed by atoms with Crippen molar-refractivity contribution in [2.24, 2.45) is 0 Å². The van der Waals surface area contributed by atoms with Gasteiger partial charge in [0.1, 0.15) is 12.2 Å². The van der Waals surface area contributed by atoms with Crippen molar-refractivity contribution in [3.8, 4) is 0 Å². The van der Waals surface area contributed by atoms with Crippen LogP contribution in [0.2, 0.25) is 0 Å². The van der Waals surface area contributed by atoms with Gasteiger partial charge in [0.05, 0.1) is 29.4 Å². The van der Waals surface area contributed by atoms with Gasteiger partial charge < -0.3 is 24.6 Å². The van der Waals surface area contributed by atoms with E-state index in [1.807, 2.05) is 0 Å². The SMILES string of the molecule is C[C@H](n1cc(C(=O)NC2CCOCC2)c2cnc(Cc3ccnc(N4CC[C@@H](O)[C@@H](F)C4)n3)cc21)C(F)(F)F. The van der Waals surface area contributed by atoms with E-state index in [2.05, 4.69) is 20.3 Å². The van der Waals surface area contributed by atoms with Crippen molar-refractivity contribution in [3.05, 3.63) is 47.7 Å². The van der Waals surface area contributed by atoms with E-state index < -0.39 is 30.4 Å². The fourth-order valence-corrected chi connectivity index (χ4v) is 4.94. The molecule has 3 atom stereocenters. The summed E-state index contributed by atoms with van der Waals surface area (Å²) < 4.78 is 61.6. The molecular formula is C26H30F4N6O3. The van der Waals surface area contributed by atoms with Crippen LogP contribution in [0.4, 0.5) is 23.5 Å². The molecule has 0 bridgehead atoms. The molecule has 2 fully saturated rings. The number of halogens is 4. The maximum atomic E-state index is 14.0. The van der Waals surface area contributed by atoms with Crippen LogP contribution in [0.5, 0.6) is 0 Å². The molecule has 39 heavy (non-hydrogen) atoms. The molecule has 1 amide bonds. The van der Waals surface area contributed by atoms with E-state index in [1.54, 1.807) is 17.0 Å². The van der Waals surface area contributed by atoms with Gasteiger partial charge in [0.25, 0.3) is 5.91 Å². The molecule has 2 saturated heterocycles. The lowest BCUT2D eigenvalue weighted by atomic mass is 10.1. The second-order valence-corrected chi connectivity index (χ2v) is 10.1. The van der Waals surface area contributed by atoms with Crippen LogP contribution >= 0.6 is 0 Å². The van der Waals surface area contributed by atoms with Gasteiger partial charge in [-0.3, -0.25) is 9.78 Å². The number of nitrogens with one attached hydrogen (secondary N) is 1. The second kappa shape index (κ2) is 11.0. The van der Waals surface area contributed by atoms with Crippen molar-refractivity contribution < 1.29 is 32.2 Å². The molecular weight excluding hydrogens is 520 g/mol. The average Bonchev–Trinajstić information content (AvgIpc) is 3.29. The summed E-state index contributed by atoms with van der Waals surface area (Å²) in [7, 11) is 0. The van der Waals surface area contributed by atoms with Gasteiger partial charge in [-0.25, -0.2) is 14.4 Å². The Labute approximate surface area is 222 Å². The molecule has 2 aliphatic heterocycles. The van der Waals surface area contributed by atoms with E-state index in [9.17, 15) is 27.5 Å². The van der Waals surface area contributed by atoms with Gasteiger partial charge in [-0.1, -0.05) is 0 Å². The number of aliphatic hydroxyl groups excluding tert-OH is 1. The first-order valence-electron chi connectivity index (χ1n) is 12.9. The van der Waals surface area contributed by atoms with Crippen LogP contribution < -0.4 is 10.2 Å². The zero-order chi connectivity index (χ0) is 27.7. The number of hydrogen-bond acceptors (Lipinski definition) is 7. The zero-order valence-electron chi connectivity index (χ0n) is 21.4. The third-order valence-corrected chi connectivity index (χ3v) is 7.32. The Hall–Kier alpha value is -3.32. The summed E-state index contributed by atoms with van der Waals surface area (Å²) in [6.07, 6.45) is -1.04. The molecule has 0 saturated carbocycles. The van der Waals surface area contributed by atoms with Gasteiger partial charge in [-0.15, -0.1) is 0 Å². The number of aliphatic hydroxyl groups is 1. The van der Waals surface area contributed by atoms with E-state index in [1.165, 1.54) is 18.6 Å². The second-order valence-electron chi connectivity index (χ2n) is 10.1. The van der Waals surface area contributed by atoms with Gasteiger partial charge in [0.15, 0.2) is 0 Å². The molecule has 3 aromatic heterocycles. The first-order valence-corrected chi connectivity index (χ1v) is 12.9. The average molecular weight is 551 g/mol. The predicted molar refractivity (Wildman–Crippen MR) is 134 cm³/mol. The fourth-order valence-electron chi connectivity index (χ4n) is 4.94. The number of pyridine rings is 1. The van der Waals surface area contributed by atoms with Gasteiger partial charge >= 0.3 is 6.18 Å². The predicted octanol–water partition coefficient (Wildman–Crippen LogP) is 3.36. The summed E-state index contributed by atoms with van der Waals surface area (Å²) in [5, 5.41) is 12.9. The third kappa shape index (κ3) is 5.98. The van der Waals surface area contributed by atoms with Crippen molar-refractivity contribution in [3.63, 3.8) is 0 Å². The minimum Gasteiger partial charge on any atom is -0.390 e. The molecule has 0 radical (unpaired) electrons. The summed E-state index contributed by atoms with van der Waals surface area (Å²) in [5.41, 5.74) is 1.37. The molecule has 9 nitrogen and oxygen atoms in total. The summed E-state index contributed by atoms with van der Waals surface area (Å²) in [6, 6.07) is 1.22. The van der Waals surface area contributed by atoms with E-state index in [0.717, 1.165) is 11.5 Å².